The van der Waals surface area contributed by atoms with Crippen LogP contribution in [0.15, 0.2) is 47.5 Å². The van der Waals surface area contributed by atoms with E-state index in [2.05, 4.69) is 10.3 Å². The van der Waals surface area contributed by atoms with Gasteiger partial charge in [0.15, 0.2) is 5.17 Å². The second kappa shape index (κ2) is 11.8. The van der Waals surface area contributed by atoms with E-state index < -0.39 is 22.8 Å². The van der Waals surface area contributed by atoms with Crippen molar-refractivity contribution in [2.24, 2.45) is 4.99 Å². The van der Waals surface area contributed by atoms with Gasteiger partial charge in [-0.05, 0) is 49.7 Å². The number of anilines is 1. The van der Waals surface area contributed by atoms with Gasteiger partial charge in [0.1, 0.15) is 22.6 Å². The molecule has 0 spiro atoms. The lowest BCUT2D eigenvalue weighted by Crippen LogP contribution is -2.34. The van der Waals surface area contributed by atoms with Crippen LogP contribution in [0.2, 0.25) is 0 Å². The molecule has 0 aliphatic carbocycles. The van der Waals surface area contributed by atoms with Crippen molar-refractivity contribution >= 4 is 40.1 Å². The minimum absolute atomic E-state index is 0.141. The fraction of sp³-hybridized carbons (Fsp3) is 0.348. The van der Waals surface area contributed by atoms with Crippen LogP contribution in [-0.4, -0.2) is 54.0 Å². The van der Waals surface area contributed by atoms with Gasteiger partial charge in [-0.1, -0.05) is 11.8 Å². The number of carbonyl (C=O) groups is 2. The van der Waals surface area contributed by atoms with Crippen LogP contribution in [-0.2, 0) is 14.3 Å². The van der Waals surface area contributed by atoms with Gasteiger partial charge < -0.3 is 14.8 Å². The van der Waals surface area contributed by atoms with Crippen molar-refractivity contribution in [3.05, 3.63) is 54.1 Å². The summed E-state index contributed by atoms with van der Waals surface area (Å²) >= 11 is 1.18. The van der Waals surface area contributed by atoms with E-state index in [4.69, 9.17) is 9.47 Å². The zero-order valence-electron chi connectivity index (χ0n) is 18.3. The first-order valence-corrected chi connectivity index (χ1v) is 11.3. The van der Waals surface area contributed by atoms with Gasteiger partial charge >= 0.3 is 0 Å². The highest BCUT2D eigenvalue weighted by Gasteiger charge is 2.39. The summed E-state index contributed by atoms with van der Waals surface area (Å²) in [7, 11) is 1.57. The summed E-state index contributed by atoms with van der Waals surface area (Å²) in [6.07, 6.45) is 0.436. The van der Waals surface area contributed by atoms with Crippen LogP contribution >= 0.6 is 11.8 Å². The van der Waals surface area contributed by atoms with Crippen LogP contribution < -0.4 is 10.1 Å². The van der Waals surface area contributed by atoms with Crippen molar-refractivity contribution in [1.82, 2.24) is 4.90 Å². The maximum Gasteiger partial charge on any atom is 0.242 e. The number of ether oxygens (including phenoxy) is 2. The molecule has 7 nitrogen and oxygen atoms in total. The first kappa shape index (κ1) is 24.7. The first-order valence-electron chi connectivity index (χ1n) is 10.4. The van der Waals surface area contributed by atoms with Crippen molar-refractivity contribution in [1.29, 1.82) is 0 Å². The second-order valence-electron chi connectivity index (χ2n) is 7.12. The van der Waals surface area contributed by atoms with E-state index in [0.717, 1.165) is 12.1 Å². The predicted molar refractivity (Wildman–Crippen MR) is 124 cm³/mol. The van der Waals surface area contributed by atoms with Crippen molar-refractivity contribution in [2.75, 3.05) is 32.2 Å². The molecule has 1 fully saturated rings. The van der Waals surface area contributed by atoms with E-state index in [1.807, 2.05) is 6.92 Å². The Hall–Kier alpha value is -2.98. The van der Waals surface area contributed by atoms with Crippen molar-refractivity contribution in [3.63, 3.8) is 0 Å². The number of methoxy groups -OCH3 is 1. The Morgan fingerprint density at radius 2 is 1.97 bits per heavy atom. The van der Waals surface area contributed by atoms with E-state index in [9.17, 15) is 18.4 Å². The van der Waals surface area contributed by atoms with Gasteiger partial charge in [0.05, 0.1) is 18.5 Å². The molecule has 1 aliphatic heterocycles. The number of thioether (sulfide) groups is 1. The molecule has 1 saturated heterocycles. The maximum absolute atomic E-state index is 13.8. The third-order valence-electron chi connectivity index (χ3n) is 4.77. The number of rotatable bonds is 10. The van der Waals surface area contributed by atoms with Gasteiger partial charge in [0.25, 0.3) is 0 Å². The van der Waals surface area contributed by atoms with Crippen LogP contribution in [0.4, 0.5) is 20.2 Å². The molecule has 176 valence electrons. The summed E-state index contributed by atoms with van der Waals surface area (Å²) in [5.74, 6) is -1.74. The summed E-state index contributed by atoms with van der Waals surface area (Å²) in [6.45, 7) is 3.37. The fourth-order valence-electron chi connectivity index (χ4n) is 3.13. The van der Waals surface area contributed by atoms with E-state index in [-0.39, 0.29) is 18.0 Å². The van der Waals surface area contributed by atoms with Gasteiger partial charge in [-0.2, -0.15) is 0 Å². The molecule has 2 aromatic carbocycles. The van der Waals surface area contributed by atoms with Crippen LogP contribution in [0.3, 0.4) is 0 Å². The van der Waals surface area contributed by atoms with Gasteiger partial charge in [-0.15, -0.1) is 0 Å². The topological polar surface area (TPSA) is 80.2 Å². The van der Waals surface area contributed by atoms with Gasteiger partial charge in [-0.3, -0.25) is 14.5 Å². The maximum atomic E-state index is 13.8. The smallest absolute Gasteiger partial charge is 0.242 e. The molecule has 1 aliphatic rings. The molecule has 2 amide bonds. The van der Waals surface area contributed by atoms with Crippen LogP contribution in [0.5, 0.6) is 5.75 Å². The highest BCUT2D eigenvalue weighted by Crippen LogP contribution is 2.32. The number of carbonyl (C=O) groups excluding carboxylic acids is 2. The molecule has 2 aromatic rings. The summed E-state index contributed by atoms with van der Waals surface area (Å²) < 4.78 is 37.4. The lowest BCUT2D eigenvalue weighted by Gasteiger charge is -2.16. The average Bonchev–Trinajstić information content (AvgIpc) is 3.07. The zero-order chi connectivity index (χ0) is 23.8. The Kier molecular flexibility index (Phi) is 8.79. The number of halogens is 2. The minimum atomic E-state index is -0.881. The van der Waals surface area contributed by atoms with Crippen LogP contribution in [0.25, 0.3) is 0 Å². The summed E-state index contributed by atoms with van der Waals surface area (Å²) in [5.41, 5.74) is 0.497. The Bertz CT molecular complexity index is 1020. The monoisotopic (exact) mass is 477 g/mol. The molecule has 33 heavy (non-hydrogen) atoms. The Balaban J connectivity index is 1.72. The molecule has 0 aromatic heterocycles. The van der Waals surface area contributed by atoms with E-state index in [1.165, 1.54) is 11.8 Å². The molecule has 1 unspecified atom stereocenters. The van der Waals surface area contributed by atoms with Gasteiger partial charge in [0.2, 0.25) is 11.8 Å². The largest absolute Gasteiger partial charge is 0.497 e. The summed E-state index contributed by atoms with van der Waals surface area (Å²) in [5, 5.41) is 2.17. The molecule has 0 radical (unpaired) electrons. The van der Waals surface area contributed by atoms with E-state index in [0.29, 0.717) is 48.9 Å². The Morgan fingerprint density at radius 1 is 1.21 bits per heavy atom. The molecule has 1 atom stereocenters. The molecular weight excluding hydrogens is 452 g/mol. The van der Waals surface area contributed by atoms with Gasteiger partial charge in [-0.25, -0.2) is 13.8 Å². The number of aliphatic imine (C=N–C) groups is 1. The highest BCUT2D eigenvalue weighted by molar-refractivity contribution is 8.15. The third-order valence-corrected chi connectivity index (χ3v) is 5.94. The standard InChI is InChI=1S/C23H25F2N3O4S/c1-3-32-12-4-11-28-22(30)20(14-21(29)27-19-10-5-15(24)13-18(19)25)33-23(28)26-16-6-8-17(31-2)9-7-16/h5-10,13,20H,3-4,11-12,14H2,1-2H3,(H,27,29). The first-order chi connectivity index (χ1) is 15.9. The number of hydrogen-bond acceptors (Lipinski definition) is 6. The third kappa shape index (κ3) is 6.75. The van der Waals surface area contributed by atoms with Crippen molar-refractivity contribution < 1.29 is 27.8 Å². The quantitative estimate of drug-likeness (QED) is 0.515. The zero-order valence-corrected chi connectivity index (χ0v) is 19.2. The number of nitrogens with one attached hydrogen (secondary N) is 1. The minimum Gasteiger partial charge on any atom is -0.497 e. The molecular formula is C23H25F2N3O4S. The lowest BCUT2D eigenvalue weighted by molar-refractivity contribution is -0.128. The van der Waals surface area contributed by atoms with Crippen LogP contribution in [0, 0.1) is 11.6 Å². The normalized spacial score (nSPS) is 17.0. The molecule has 0 saturated carbocycles. The van der Waals surface area contributed by atoms with Crippen molar-refractivity contribution in [3.8, 4) is 5.75 Å². The fourth-order valence-corrected chi connectivity index (χ4v) is 4.31. The van der Waals surface area contributed by atoms with E-state index in [1.54, 1.807) is 36.3 Å². The molecule has 10 heteroatoms. The molecule has 3 rings (SSSR count). The Labute approximate surface area is 195 Å². The molecule has 0 bridgehead atoms. The summed E-state index contributed by atoms with van der Waals surface area (Å²) in [4.78, 5) is 31.6. The number of benzene rings is 2. The average molecular weight is 478 g/mol. The van der Waals surface area contributed by atoms with Gasteiger partial charge in [0, 0.05) is 32.2 Å². The highest BCUT2D eigenvalue weighted by atomic mass is 32.2. The number of nitrogens with zero attached hydrogens (tertiary/aromatic N) is 2. The molecule has 1 heterocycles. The van der Waals surface area contributed by atoms with Crippen LogP contribution in [0.1, 0.15) is 19.8 Å². The van der Waals surface area contributed by atoms with Crippen molar-refractivity contribution in [2.45, 2.75) is 25.0 Å². The summed E-state index contributed by atoms with van der Waals surface area (Å²) in [6, 6.07) is 9.95. The second-order valence-corrected chi connectivity index (χ2v) is 8.29. The number of amides is 2. The molecule has 1 N–H and O–H groups in total. The Morgan fingerprint density at radius 3 is 2.64 bits per heavy atom. The predicted octanol–water partition coefficient (Wildman–Crippen LogP) is 4.36. The lowest BCUT2D eigenvalue weighted by atomic mass is 10.2. The van der Waals surface area contributed by atoms with E-state index >= 15 is 0 Å². The SMILES string of the molecule is CCOCCCN1C(=O)C(CC(=O)Nc2ccc(F)cc2F)SC1=Nc1ccc(OC)cc1. The number of amidine groups is 1. The number of hydrogen-bond donors (Lipinski definition) is 1.